The third kappa shape index (κ3) is 4.04. The molecule has 0 saturated heterocycles. The Kier molecular flexibility index (Phi) is 5.00. The van der Waals surface area contributed by atoms with E-state index < -0.39 is 9.84 Å². The summed E-state index contributed by atoms with van der Waals surface area (Å²) in [4.78, 5) is 13.8. The van der Waals surface area contributed by atoms with E-state index in [2.05, 4.69) is 5.32 Å². The molecule has 0 fully saturated rings. The van der Waals surface area contributed by atoms with Crippen LogP contribution in [0.3, 0.4) is 0 Å². The van der Waals surface area contributed by atoms with E-state index in [-0.39, 0.29) is 22.7 Å². The number of sulfone groups is 1. The minimum absolute atomic E-state index is 0.0432. The van der Waals surface area contributed by atoms with Gasteiger partial charge in [-0.2, -0.15) is 0 Å². The number of nitrogens with one attached hydrogen (secondary N) is 1. The Balaban J connectivity index is 1.89. The standard InChI is InChI=1S/C19H21FN2O3S/c1-13(23)22-10-9-19(18-8-3-15(20)11-14(18)12-22)21-16-4-6-17(7-5-16)26(2,24)25/h3-8,11,19,21H,9-10,12H2,1-2H3. The Morgan fingerprint density at radius 1 is 1.19 bits per heavy atom. The first kappa shape index (κ1) is 18.4. The van der Waals surface area contributed by atoms with Crippen LogP contribution < -0.4 is 5.32 Å². The molecular weight excluding hydrogens is 355 g/mol. The van der Waals surface area contributed by atoms with Crippen molar-refractivity contribution in [1.82, 2.24) is 4.90 Å². The molecule has 1 aliphatic heterocycles. The Bertz CT molecular complexity index is 926. The van der Waals surface area contributed by atoms with Gasteiger partial charge in [-0.1, -0.05) is 6.07 Å². The van der Waals surface area contributed by atoms with Gasteiger partial charge in [0.1, 0.15) is 5.82 Å². The average Bonchev–Trinajstić information content (AvgIpc) is 2.74. The minimum atomic E-state index is -3.24. The number of benzene rings is 2. The Morgan fingerprint density at radius 2 is 1.88 bits per heavy atom. The Hall–Kier alpha value is -2.41. The number of carbonyl (C=O) groups excluding carboxylic acids is 1. The van der Waals surface area contributed by atoms with Crippen LogP contribution in [0, 0.1) is 5.82 Å². The van der Waals surface area contributed by atoms with E-state index in [1.807, 2.05) is 0 Å². The zero-order valence-corrected chi connectivity index (χ0v) is 15.5. The number of hydrogen-bond acceptors (Lipinski definition) is 4. The molecule has 0 aromatic heterocycles. The van der Waals surface area contributed by atoms with Gasteiger partial charge in [0.05, 0.1) is 10.9 Å². The number of rotatable bonds is 3. The molecule has 2 aromatic carbocycles. The maximum absolute atomic E-state index is 13.7. The molecule has 1 amide bonds. The SMILES string of the molecule is CC(=O)N1CCC(Nc2ccc(S(C)(=O)=O)cc2)c2ccc(F)cc2C1. The topological polar surface area (TPSA) is 66.5 Å². The van der Waals surface area contributed by atoms with Gasteiger partial charge in [-0.3, -0.25) is 4.79 Å². The van der Waals surface area contributed by atoms with Crippen LogP contribution >= 0.6 is 0 Å². The zero-order chi connectivity index (χ0) is 18.9. The van der Waals surface area contributed by atoms with Gasteiger partial charge in [-0.15, -0.1) is 0 Å². The maximum Gasteiger partial charge on any atom is 0.219 e. The highest BCUT2D eigenvalue weighted by molar-refractivity contribution is 7.90. The van der Waals surface area contributed by atoms with Gasteiger partial charge in [0.25, 0.3) is 0 Å². The lowest BCUT2D eigenvalue weighted by molar-refractivity contribution is -0.129. The summed E-state index contributed by atoms with van der Waals surface area (Å²) in [6.07, 6.45) is 1.84. The smallest absolute Gasteiger partial charge is 0.219 e. The molecule has 0 bridgehead atoms. The van der Waals surface area contributed by atoms with E-state index in [0.29, 0.717) is 19.5 Å². The second kappa shape index (κ2) is 7.07. The predicted octanol–water partition coefficient (Wildman–Crippen LogP) is 3.13. The van der Waals surface area contributed by atoms with Crippen molar-refractivity contribution in [1.29, 1.82) is 0 Å². The van der Waals surface area contributed by atoms with Crippen molar-refractivity contribution in [3.8, 4) is 0 Å². The van der Waals surface area contributed by atoms with Crippen LogP contribution in [0.25, 0.3) is 0 Å². The highest BCUT2D eigenvalue weighted by Gasteiger charge is 2.24. The Labute approximate surface area is 152 Å². The van der Waals surface area contributed by atoms with Crippen LogP contribution in [0.4, 0.5) is 10.1 Å². The van der Waals surface area contributed by atoms with Crippen molar-refractivity contribution in [3.63, 3.8) is 0 Å². The van der Waals surface area contributed by atoms with Crippen molar-refractivity contribution in [2.75, 3.05) is 18.1 Å². The van der Waals surface area contributed by atoms with E-state index in [1.165, 1.54) is 25.3 Å². The van der Waals surface area contributed by atoms with Crippen LogP contribution in [0.2, 0.25) is 0 Å². The van der Waals surface area contributed by atoms with Gasteiger partial charge in [0, 0.05) is 32.0 Å². The number of fused-ring (bicyclic) bond motifs is 1. The first-order valence-electron chi connectivity index (χ1n) is 8.34. The van der Waals surface area contributed by atoms with Gasteiger partial charge in [0.2, 0.25) is 5.91 Å². The predicted molar refractivity (Wildman–Crippen MR) is 98.0 cm³/mol. The average molecular weight is 376 g/mol. The normalized spacial score (nSPS) is 17.3. The summed E-state index contributed by atoms with van der Waals surface area (Å²) in [7, 11) is -3.24. The number of anilines is 1. The van der Waals surface area contributed by atoms with Gasteiger partial charge in [-0.05, 0) is 53.9 Å². The quantitative estimate of drug-likeness (QED) is 0.894. The van der Waals surface area contributed by atoms with Crippen molar-refractivity contribution >= 4 is 21.4 Å². The number of nitrogens with zero attached hydrogens (tertiary/aromatic N) is 1. The zero-order valence-electron chi connectivity index (χ0n) is 14.7. The van der Waals surface area contributed by atoms with Gasteiger partial charge in [0.15, 0.2) is 9.84 Å². The van der Waals surface area contributed by atoms with Gasteiger partial charge < -0.3 is 10.2 Å². The largest absolute Gasteiger partial charge is 0.378 e. The summed E-state index contributed by atoms with van der Waals surface area (Å²) >= 11 is 0. The molecule has 138 valence electrons. The molecule has 0 radical (unpaired) electrons. The molecule has 1 unspecified atom stereocenters. The lowest BCUT2D eigenvalue weighted by Crippen LogP contribution is -2.28. The van der Waals surface area contributed by atoms with Crippen molar-refractivity contribution in [3.05, 3.63) is 59.4 Å². The second-order valence-corrected chi connectivity index (χ2v) is 8.58. The van der Waals surface area contributed by atoms with Crippen LogP contribution in [0.1, 0.15) is 30.5 Å². The second-order valence-electron chi connectivity index (χ2n) is 6.57. The van der Waals surface area contributed by atoms with Crippen molar-refractivity contribution < 1.29 is 17.6 Å². The van der Waals surface area contributed by atoms with Crippen LogP contribution in [0.5, 0.6) is 0 Å². The summed E-state index contributed by atoms with van der Waals surface area (Å²) in [6.45, 7) is 2.45. The molecule has 1 aliphatic rings. The lowest BCUT2D eigenvalue weighted by atomic mass is 9.99. The van der Waals surface area contributed by atoms with E-state index in [1.54, 1.807) is 35.2 Å². The third-order valence-electron chi connectivity index (χ3n) is 4.60. The molecule has 0 saturated carbocycles. The number of halogens is 1. The van der Waals surface area contributed by atoms with Gasteiger partial charge in [-0.25, -0.2) is 12.8 Å². The van der Waals surface area contributed by atoms with E-state index in [9.17, 15) is 17.6 Å². The Morgan fingerprint density at radius 3 is 2.50 bits per heavy atom. The monoisotopic (exact) mass is 376 g/mol. The molecule has 5 nitrogen and oxygen atoms in total. The number of carbonyl (C=O) groups is 1. The first-order valence-corrected chi connectivity index (χ1v) is 10.2. The summed E-state index contributed by atoms with van der Waals surface area (Å²) < 4.78 is 36.8. The highest BCUT2D eigenvalue weighted by Crippen LogP contribution is 2.30. The van der Waals surface area contributed by atoms with Crippen molar-refractivity contribution in [2.24, 2.45) is 0 Å². The van der Waals surface area contributed by atoms with E-state index in [4.69, 9.17) is 0 Å². The summed E-state index contributed by atoms with van der Waals surface area (Å²) in [6, 6.07) is 11.1. The van der Waals surface area contributed by atoms with Gasteiger partial charge >= 0.3 is 0 Å². The fraction of sp³-hybridized carbons (Fsp3) is 0.316. The van der Waals surface area contributed by atoms with Crippen LogP contribution in [0.15, 0.2) is 47.4 Å². The van der Waals surface area contributed by atoms with Crippen LogP contribution in [-0.4, -0.2) is 32.0 Å². The molecule has 2 aromatic rings. The minimum Gasteiger partial charge on any atom is -0.378 e. The molecule has 3 rings (SSSR count). The highest BCUT2D eigenvalue weighted by atomic mass is 32.2. The first-order chi connectivity index (χ1) is 12.2. The van der Waals surface area contributed by atoms with E-state index >= 15 is 0 Å². The van der Waals surface area contributed by atoms with E-state index in [0.717, 1.165) is 16.8 Å². The molecule has 0 spiro atoms. The molecular formula is C19H21FN2O3S. The molecule has 1 N–H and O–H groups in total. The van der Waals surface area contributed by atoms with Crippen LogP contribution in [-0.2, 0) is 21.2 Å². The fourth-order valence-corrected chi connectivity index (χ4v) is 3.83. The number of hydrogen-bond donors (Lipinski definition) is 1. The molecule has 7 heteroatoms. The lowest BCUT2D eigenvalue weighted by Gasteiger charge is -2.21. The molecule has 1 atom stereocenters. The molecule has 1 heterocycles. The molecule has 26 heavy (non-hydrogen) atoms. The fourth-order valence-electron chi connectivity index (χ4n) is 3.19. The third-order valence-corrected chi connectivity index (χ3v) is 5.73. The molecule has 0 aliphatic carbocycles. The summed E-state index contributed by atoms with van der Waals surface area (Å²) in [5.41, 5.74) is 2.50. The maximum atomic E-state index is 13.7. The van der Waals surface area contributed by atoms with Crippen molar-refractivity contribution in [2.45, 2.75) is 30.8 Å². The summed E-state index contributed by atoms with van der Waals surface area (Å²) in [5.74, 6) is -0.372. The summed E-state index contributed by atoms with van der Waals surface area (Å²) in [5, 5.41) is 3.38. The number of amides is 1.